The Labute approximate surface area is 86.0 Å². The zero-order chi connectivity index (χ0) is 10.8. The molecule has 0 amide bonds. The highest BCUT2D eigenvalue weighted by Crippen LogP contribution is 1.92. The molecule has 0 fully saturated rings. The van der Waals surface area contributed by atoms with Gasteiger partial charge in [0.25, 0.3) is 0 Å². The molecular formula is C10H21NO3. The summed E-state index contributed by atoms with van der Waals surface area (Å²) in [7, 11) is 1.40. The molecule has 0 bridgehead atoms. The number of esters is 1. The summed E-state index contributed by atoms with van der Waals surface area (Å²) >= 11 is 0. The van der Waals surface area contributed by atoms with Crippen molar-refractivity contribution in [2.45, 2.75) is 32.7 Å². The topological polar surface area (TPSA) is 47.6 Å². The lowest BCUT2D eigenvalue weighted by molar-refractivity contribution is -0.141. The van der Waals surface area contributed by atoms with Crippen LogP contribution < -0.4 is 5.32 Å². The van der Waals surface area contributed by atoms with Crippen LogP contribution in [0.15, 0.2) is 0 Å². The minimum atomic E-state index is -0.172. The predicted octanol–water partition coefficient (Wildman–Crippen LogP) is 0.954. The van der Waals surface area contributed by atoms with Gasteiger partial charge in [0.15, 0.2) is 0 Å². The smallest absolute Gasteiger partial charge is 0.305 e. The van der Waals surface area contributed by atoms with Gasteiger partial charge >= 0.3 is 5.97 Å². The molecule has 0 unspecified atom stereocenters. The first-order valence-corrected chi connectivity index (χ1v) is 5.04. The molecule has 0 heterocycles. The van der Waals surface area contributed by atoms with Crippen molar-refractivity contribution in [3.8, 4) is 0 Å². The van der Waals surface area contributed by atoms with Gasteiger partial charge in [-0.05, 0) is 6.42 Å². The van der Waals surface area contributed by atoms with Gasteiger partial charge in [0, 0.05) is 25.6 Å². The lowest BCUT2D eigenvalue weighted by Crippen LogP contribution is -2.26. The highest BCUT2D eigenvalue weighted by molar-refractivity contribution is 5.68. The monoisotopic (exact) mass is 203 g/mol. The summed E-state index contributed by atoms with van der Waals surface area (Å²) in [5.41, 5.74) is 0. The summed E-state index contributed by atoms with van der Waals surface area (Å²) in [6.45, 7) is 6.36. The summed E-state index contributed by atoms with van der Waals surface area (Å²) in [5.74, 6) is -0.172. The molecule has 4 heteroatoms. The van der Waals surface area contributed by atoms with Crippen LogP contribution in [-0.2, 0) is 14.3 Å². The standard InChI is InChI=1S/C10H21NO3/c1-9(2)11-6-8-14-7-4-5-10(12)13-3/h9,11H,4-8H2,1-3H3. The van der Waals surface area contributed by atoms with Crippen molar-refractivity contribution in [2.75, 3.05) is 26.9 Å². The largest absolute Gasteiger partial charge is 0.469 e. The number of carbonyl (C=O) groups is 1. The van der Waals surface area contributed by atoms with Crippen LogP contribution in [0.5, 0.6) is 0 Å². The third-order valence-electron chi connectivity index (χ3n) is 1.70. The molecule has 0 spiro atoms. The molecule has 0 radical (unpaired) electrons. The fourth-order valence-corrected chi connectivity index (χ4v) is 0.942. The third kappa shape index (κ3) is 9.48. The number of hydrogen-bond donors (Lipinski definition) is 1. The van der Waals surface area contributed by atoms with Gasteiger partial charge in [0.2, 0.25) is 0 Å². The Morgan fingerprint density at radius 2 is 2.07 bits per heavy atom. The average Bonchev–Trinajstić information content (AvgIpc) is 2.15. The number of nitrogens with one attached hydrogen (secondary N) is 1. The first kappa shape index (κ1) is 13.4. The summed E-state index contributed by atoms with van der Waals surface area (Å²) in [4.78, 5) is 10.7. The van der Waals surface area contributed by atoms with E-state index in [-0.39, 0.29) is 5.97 Å². The Kier molecular flexibility index (Phi) is 8.57. The van der Waals surface area contributed by atoms with Crippen molar-refractivity contribution in [1.29, 1.82) is 0 Å². The Balaban J connectivity index is 3.03. The quantitative estimate of drug-likeness (QED) is 0.471. The second kappa shape index (κ2) is 8.97. The van der Waals surface area contributed by atoms with E-state index in [4.69, 9.17) is 4.74 Å². The Hall–Kier alpha value is -0.610. The maximum atomic E-state index is 10.7. The molecule has 1 N–H and O–H groups in total. The molecular weight excluding hydrogens is 182 g/mol. The molecule has 0 aromatic heterocycles. The number of methoxy groups -OCH3 is 1. The minimum Gasteiger partial charge on any atom is -0.469 e. The van der Waals surface area contributed by atoms with Crippen molar-refractivity contribution in [2.24, 2.45) is 0 Å². The van der Waals surface area contributed by atoms with Gasteiger partial charge in [-0.2, -0.15) is 0 Å². The van der Waals surface area contributed by atoms with Crippen molar-refractivity contribution >= 4 is 5.97 Å². The molecule has 14 heavy (non-hydrogen) atoms. The van der Waals surface area contributed by atoms with Crippen LogP contribution in [-0.4, -0.2) is 38.9 Å². The number of carbonyl (C=O) groups excluding carboxylic acids is 1. The van der Waals surface area contributed by atoms with Crippen molar-refractivity contribution in [3.05, 3.63) is 0 Å². The molecule has 0 aromatic rings. The molecule has 0 saturated carbocycles. The average molecular weight is 203 g/mol. The van der Waals surface area contributed by atoms with Gasteiger partial charge in [0.1, 0.15) is 0 Å². The van der Waals surface area contributed by atoms with Gasteiger partial charge in [-0.3, -0.25) is 4.79 Å². The molecule has 4 nitrogen and oxygen atoms in total. The van der Waals surface area contributed by atoms with E-state index in [1.165, 1.54) is 7.11 Å². The second-order valence-electron chi connectivity index (χ2n) is 3.40. The Bertz CT molecular complexity index is 148. The van der Waals surface area contributed by atoms with E-state index in [9.17, 15) is 4.79 Å². The van der Waals surface area contributed by atoms with Crippen LogP contribution >= 0.6 is 0 Å². The van der Waals surface area contributed by atoms with Gasteiger partial charge in [-0.25, -0.2) is 0 Å². The number of ether oxygens (including phenoxy) is 2. The maximum Gasteiger partial charge on any atom is 0.305 e. The van der Waals surface area contributed by atoms with E-state index in [1.807, 2.05) is 0 Å². The lowest BCUT2D eigenvalue weighted by Gasteiger charge is -2.08. The first-order chi connectivity index (χ1) is 6.66. The normalized spacial score (nSPS) is 10.6. The summed E-state index contributed by atoms with van der Waals surface area (Å²) in [6.07, 6.45) is 1.17. The van der Waals surface area contributed by atoms with E-state index in [1.54, 1.807) is 0 Å². The molecule has 0 aliphatic heterocycles. The van der Waals surface area contributed by atoms with E-state index in [2.05, 4.69) is 23.9 Å². The van der Waals surface area contributed by atoms with Crippen molar-refractivity contribution < 1.29 is 14.3 Å². The zero-order valence-corrected chi connectivity index (χ0v) is 9.34. The fraction of sp³-hybridized carbons (Fsp3) is 0.900. The third-order valence-corrected chi connectivity index (χ3v) is 1.70. The number of rotatable bonds is 8. The maximum absolute atomic E-state index is 10.7. The van der Waals surface area contributed by atoms with Gasteiger partial charge in [-0.15, -0.1) is 0 Å². The fourth-order valence-electron chi connectivity index (χ4n) is 0.942. The number of hydrogen-bond acceptors (Lipinski definition) is 4. The van der Waals surface area contributed by atoms with E-state index < -0.39 is 0 Å². The van der Waals surface area contributed by atoms with Crippen LogP contribution in [0.2, 0.25) is 0 Å². The zero-order valence-electron chi connectivity index (χ0n) is 9.34. The molecule has 0 aliphatic rings. The lowest BCUT2D eigenvalue weighted by atomic mass is 10.3. The molecule has 0 saturated heterocycles. The summed E-state index contributed by atoms with van der Waals surface area (Å²) in [5, 5.41) is 3.24. The summed E-state index contributed by atoms with van der Waals surface area (Å²) in [6, 6.07) is 0.494. The van der Waals surface area contributed by atoms with Crippen LogP contribution in [0.1, 0.15) is 26.7 Å². The minimum absolute atomic E-state index is 0.172. The van der Waals surface area contributed by atoms with Crippen molar-refractivity contribution in [3.63, 3.8) is 0 Å². The van der Waals surface area contributed by atoms with E-state index in [0.29, 0.717) is 25.7 Å². The molecule has 0 atom stereocenters. The van der Waals surface area contributed by atoms with Gasteiger partial charge in [-0.1, -0.05) is 13.8 Å². The van der Waals surface area contributed by atoms with Crippen molar-refractivity contribution in [1.82, 2.24) is 5.32 Å². The van der Waals surface area contributed by atoms with Crippen LogP contribution in [0.3, 0.4) is 0 Å². The highest BCUT2D eigenvalue weighted by Gasteiger charge is 1.98. The van der Waals surface area contributed by atoms with E-state index >= 15 is 0 Å². The molecule has 0 aromatic carbocycles. The highest BCUT2D eigenvalue weighted by atomic mass is 16.5. The molecule has 0 rings (SSSR count). The predicted molar refractivity (Wildman–Crippen MR) is 55.2 cm³/mol. The Morgan fingerprint density at radius 1 is 1.36 bits per heavy atom. The summed E-state index contributed by atoms with van der Waals surface area (Å²) < 4.78 is 9.81. The van der Waals surface area contributed by atoms with Crippen LogP contribution in [0.4, 0.5) is 0 Å². The van der Waals surface area contributed by atoms with Gasteiger partial charge in [0.05, 0.1) is 13.7 Å². The first-order valence-electron chi connectivity index (χ1n) is 5.04. The SMILES string of the molecule is COC(=O)CCCOCCNC(C)C. The second-order valence-corrected chi connectivity index (χ2v) is 3.40. The molecule has 0 aliphatic carbocycles. The Morgan fingerprint density at radius 3 is 2.64 bits per heavy atom. The van der Waals surface area contributed by atoms with Gasteiger partial charge < -0.3 is 14.8 Å². The van der Waals surface area contributed by atoms with E-state index in [0.717, 1.165) is 13.0 Å². The van der Waals surface area contributed by atoms with Crippen LogP contribution in [0.25, 0.3) is 0 Å². The molecule has 84 valence electrons. The van der Waals surface area contributed by atoms with Crippen LogP contribution in [0, 0.1) is 0 Å².